The zero-order valence-electron chi connectivity index (χ0n) is 9.20. The fraction of sp³-hybridized carbons (Fsp3) is 0.909. The van der Waals surface area contributed by atoms with E-state index in [4.69, 9.17) is 5.11 Å². The van der Waals surface area contributed by atoms with Crippen LogP contribution in [0.15, 0.2) is 0 Å². The van der Waals surface area contributed by atoms with Crippen molar-refractivity contribution in [2.24, 2.45) is 5.92 Å². The van der Waals surface area contributed by atoms with E-state index < -0.39 is 5.97 Å². The van der Waals surface area contributed by atoms with E-state index in [1.54, 1.807) is 0 Å². The molecule has 0 spiro atoms. The largest absolute Gasteiger partial charge is 0.481 e. The van der Waals surface area contributed by atoms with Crippen LogP contribution in [0.1, 0.15) is 39.5 Å². The minimum atomic E-state index is -0.608. The summed E-state index contributed by atoms with van der Waals surface area (Å²) in [5, 5.41) is 8.86. The van der Waals surface area contributed by atoms with Gasteiger partial charge in [0.05, 0.1) is 5.92 Å². The molecule has 0 amide bonds. The van der Waals surface area contributed by atoms with Gasteiger partial charge in [-0.3, -0.25) is 4.79 Å². The van der Waals surface area contributed by atoms with Gasteiger partial charge in [-0.15, -0.1) is 0 Å². The van der Waals surface area contributed by atoms with Gasteiger partial charge < -0.3 is 10.0 Å². The van der Waals surface area contributed by atoms with Crippen molar-refractivity contribution in [1.29, 1.82) is 0 Å². The van der Waals surface area contributed by atoms with Gasteiger partial charge in [-0.25, -0.2) is 0 Å². The summed E-state index contributed by atoms with van der Waals surface area (Å²) in [6, 6.07) is 0.626. The van der Waals surface area contributed by atoms with Crippen LogP contribution in [0, 0.1) is 5.92 Å². The van der Waals surface area contributed by atoms with Crippen LogP contribution in [0.2, 0.25) is 0 Å². The molecule has 1 aliphatic carbocycles. The second-order valence-corrected chi connectivity index (χ2v) is 4.06. The quantitative estimate of drug-likeness (QED) is 0.752. The van der Waals surface area contributed by atoms with Crippen molar-refractivity contribution in [1.82, 2.24) is 4.90 Å². The number of carbonyl (C=O) groups is 1. The highest BCUT2D eigenvalue weighted by molar-refractivity contribution is 5.70. The van der Waals surface area contributed by atoms with Crippen molar-refractivity contribution in [3.63, 3.8) is 0 Å². The highest BCUT2D eigenvalue weighted by Crippen LogP contribution is 2.27. The van der Waals surface area contributed by atoms with E-state index >= 15 is 0 Å². The second-order valence-electron chi connectivity index (χ2n) is 4.06. The van der Waals surface area contributed by atoms with Crippen molar-refractivity contribution >= 4 is 5.97 Å². The Morgan fingerprint density at radius 1 is 1.21 bits per heavy atom. The molecule has 0 aromatic heterocycles. The summed E-state index contributed by atoms with van der Waals surface area (Å²) in [6.07, 6.45) is 3.82. The Hall–Kier alpha value is -0.570. The van der Waals surface area contributed by atoms with Gasteiger partial charge in [0.15, 0.2) is 0 Å². The van der Waals surface area contributed by atoms with Gasteiger partial charge in [-0.2, -0.15) is 0 Å². The van der Waals surface area contributed by atoms with Crippen LogP contribution in [-0.2, 0) is 4.79 Å². The smallest absolute Gasteiger partial charge is 0.306 e. The first-order valence-corrected chi connectivity index (χ1v) is 5.65. The van der Waals surface area contributed by atoms with E-state index in [0.29, 0.717) is 6.04 Å². The maximum Gasteiger partial charge on any atom is 0.306 e. The van der Waals surface area contributed by atoms with Gasteiger partial charge in [-0.1, -0.05) is 13.8 Å². The predicted molar refractivity (Wildman–Crippen MR) is 56.3 cm³/mol. The van der Waals surface area contributed by atoms with Crippen molar-refractivity contribution in [2.45, 2.75) is 45.6 Å². The molecule has 1 saturated carbocycles. The molecule has 0 aromatic carbocycles. The minimum absolute atomic E-state index is 0.0817. The first-order valence-electron chi connectivity index (χ1n) is 5.65. The van der Waals surface area contributed by atoms with Gasteiger partial charge in [0.2, 0.25) is 0 Å². The summed E-state index contributed by atoms with van der Waals surface area (Å²) < 4.78 is 0. The van der Waals surface area contributed by atoms with Gasteiger partial charge >= 0.3 is 5.97 Å². The molecule has 0 heterocycles. The average Bonchev–Trinajstić information content (AvgIpc) is 2.20. The maximum atomic E-state index is 10.8. The van der Waals surface area contributed by atoms with Crippen molar-refractivity contribution < 1.29 is 9.90 Å². The van der Waals surface area contributed by atoms with Crippen molar-refractivity contribution in [2.75, 3.05) is 13.1 Å². The Morgan fingerprint density at radius 3 is 2.07 bits per heavy atom. The second kappa shape index (κ2) is 5.35. The molecule has 0 aliphatic heterocycles. The molecule has 1 aliphatic rings. The van der Waals surface area contributed by atoms with E-state index in [0.717, 1.165) is 38.8 Å². The number of aliphatic carboxylic acids is 1. The molecular formula is C11H21NO2. The lowest BCUT2D eigenvalue weighted by atomic mass is 9.85. The Labute approximate surface area is 86.1 Å². The third-order valence-corrected chi connectivity index (χ3v) is 3.37. The predicted octanol–water partition coefficient (Wildman–Crippen LogP) is 1.97. The third kappa shape index (κ3) is 2.71. The fourth-order valence-corrected chi connectivity index (χ4v) is 2.43. The standard InChI is InChI=1S/C11H21NO2/c1-3-12(4-2)10-7-5-9(6-8-10)11(13)14/h9-10H,3-8H2,1-2H3,(H,13,14). The van der Waals surface area contributed by atoms with Crippen LogP contribution in [0.4, 0.5) is 0 Å². The molecule has 0 aromatic rings. The molecule has 1 fully saturated rings. The molecule has 1 rings (SSSR count). The zero-order valence-corrected chi connectivity index (χ0v) is 9.20. The number of carboxylic acid groups (broad SMARTS) is 1. The highest BCUT2D eigenvalue weighted by Gasteiger charge is 2.27. The SMILES string of the molecule is CCN(CC)C1CCC(C(=O)O)CC1. The van der Waals surface area contributed by atoms with Gasteiger partial charge in [0, 0.05) is 6.04 Å². The monoisotopic (exact) mass is 199 g/mol. The normalized spacial score (nSPS) is 27.9. The van der Waals surface area contributed by atoms with Crippen LogP contribution >= 0.6 is 0 Å². The van der Waals surface area contributed by atoms with Crippen LogP contribution in [0.25, 0.3) is 0 Å². The minimum Gasteiger partial charge on any atom is -0.481 e. The van der Waals surface area contributed by atoms with E-state index in [2.05, 4.69) is 18.7 Å². The average molecular weight is 199 g/mol. The Kier molecular flexibility index (Phi) is 4.39. The van der Waals surface area contributed by atoms with E-state index in [1.165, 1.54) is 0 Å². The summed E-state index contributed by atoms with van der Waals surface area (Å²) in [6.45, 7) is 6.51. The first-order chi connectivity index (χ1) is 6.69. The molecular weight excluding hydrogens is 178 g/mol. The molecule has 0 radical (unpaired) electrons. The molecule has 1 N–H and O–H groups in total. The number of hydrogen-bond acceptors (Lipinski definition) is 2. The lowest BCUT2D eigenvalue weighted by Crippen LogP contribution is -2.38. The van der Waals surface area contributed by atoms with Gasteiger partial charge in [-0.05, 0) is 38.8 Å². The van der Waals surface area contributed by atoms with Crippen LogP contribution in [0.3, 0.4) is 0 Å². The summed E-state index contributed by atoms with van der Waals surface area (Å²) in [4.78, 5) is 13.2. The number of carboxylic acids is 1. The topological polar surface area (TPSA) is 40.5 Å². The maximum absolute atomic E-state index is 10.8. The van der Waals surface area contributed by atoms with Crippen molar-refractivity contribution in [3.8, 4) is 0 Å². The number of hydrogen-bond donors (Lipinski definition) is 1. The lowest BCUT2D eigenvalue weighted by molar-refractivity contribution is -0.143. The Balaban J connectivity index is 2.38. The molecule has 3 nitrogen and oxygen atoms in total. The molecule has 82 valence electrons. The molecule has 14 heavy (non-hydrogen) atoms. The summed E-state index contributed by atoms with van der Waals surface area (Å²) in [5.74, 6) is -0.690. The summed E-state index contributed by atoms with van der Waals surface area (Å²) in [5.41, 5.74) is 0. The highest BCUT2D eigenvalue weighted by atomic mass is 16.4. The van der Waals surface area contributed by atoms with E-state index in [-0.39, 0.29) is 5.92 Å². The molecule has 3 heteroatoms. The first kappa shape index (κ1) is 11.5. The van der Waals surface area contributed by atoms with E-state index in [1.807, 2.05) is 0 Å². The van der Waals surface area contributed by atoms with Crippen LogP contribution < -0.4 is 0 Å². The van der Waals surface area contributed by atoms with Gasteiger partial charge in [0.1, 0.15) is 0 Å². The number of nitrogens with zero attached hydrogens (tertiary/aromatic N) is 1. The molecule has 0 atom stereocenters. The van der Waals surface area contributed by atoms with Gasteiger partial charge in [0.25, 0.3) is 0 Å². The third-order valence-electron chi connectivity index (χ3n) is 3.37. The van der Waals surface area contributed by atoms with Crippen LogP contribution in [-0.4, -0.2) is 35.1 Å². The summed E-state index contributed by atoms with van der Waals surface area (Å²) >= 11 is 0. The lowest BCUT2D eigenvalue weighted by Gasteiger charge is -2.34. The fourth-order valence-electron chi connectivity index (χ4n) is 2.43. The Morgan fingerprint density at radius 2 is 1.71 bits per heavy atom. The van der Waals surface area contributed by atoms with Crippen molar-refractivity contribution in [3.05, 3.63) is 0 Å². The Bertz CT molecular complexity index is 182. The zero-order chi connectivity index (χ0) is 10.6. The molecule has 0 unspecified atom stereocenters. The van der Waals surface area contributed by atoms with E-state index in [9.17, 15) is 4.79 Å². The van der Waals surface area contributed by atoms with Crippen LogP contribution in [0.5, 0.6) is 0 Å². The molecule has 0 saturated heterocycles. The molecule has 0 bridgehead atoms. The number of rotatable bonds is 4. The summed E-state index contributed by atoms with van der Waals surface area (Å²) in [7, 11) is 0.